The van der Waals surface area contributed by atoms with Gasteiger partial charge in [0.2, 0.25) is 0 Å². The lowest BCUT2D eigenvalue weighted by Gasteiger charge is -2.34. The van der Waals surface area contributed by atoms with Crippen LogP contribution >= 0.6 is 0 Å². The van der Waals surface area contributed by atoms with Crippen LogP contribution in [0, 0.1) is 6.92 Å². The third-order valence-electron chi connectivity index (χ3n) is 6.27. The molecule has 1 saturated heterocycles. The Bertz CT molecular complexity index is 1310. The van der Waals surface area contributed by atoms with E-state index in [-0.39, 0.29) is 23.7 Å². The van der Waals surface area contributed by atoms with Crippen LogP contribution in [0.2, 0.25) is 0 Å². The van der Waals surface area contributed by atoms with Crippen LogP contribution in [-0.4, -0.2) is 58.1 Å². The van der Waals surface area contributed by atoms with Crippen LogP contribution in [0.15, 0.2) is 30.7 Å². The van der Waals surface area contributed by atoms with E-state index in [2.05, 4.69) is 27.1 Å². The van der Waals surface area contributed by atoms with Crippen LogP contribution in [0.4, 0.5) is 26.0 Å². The SMILES string of the molecule is Cc1cn2cc(N3c4nccc(N5CCN[C@H](C)C5)c4CC3OC(=O)C(N)=O)c(C(F)F)cc2n1. The molecule has 0 aliphatic carbocycles. The van der Waals surface area contributed by atoms with E-state index in [1.54, 1.807) is 23.7 Å². The molecular weight excluding hydrogens is 460 g/mol. The molecule has 12 heteroatoms. The van der Waals surface area contributed by atoms with Gasteiger partial charge in [-0.05, 0) is 26.0 Å². The first-order valence-electron chi connectivity index (χ1n) is 11.3. The number of nitrogens with one attached hydrogen (secondary N) is 1. The molecule has 1 unspecified atom stereocenters. The Labute approximate surface area is 199 Å². The van der Waals surface area contributed by atoms with Crippen molar-refractivity contribution in [2.45, 2.75) is 39.0 Å². The number of amides is 1. The highest BCUT2D eigenvalue weighted by Crippen LogP contribution is 2.45. The van der Waals surface area contributed by atoms with E-state index in [0.29, 0.717) is 17.2 Å². The zero-order valence-electron chi connectivity index (χ0n) is 19.2. The van der Waals surface area contributed by atoms with E-state index >= 15 is 0 Å². The van der Waals surface area contributed by atoms with Gasteiger partial charge in [-0.15, -0.1) is 0 Å². The van der Waals surface area contributed by atoms with Crippen molar-refractivity contribution in [1.29, 1.82) is 0 Å². The Hall–Kier alpha value is -3.80. The van der Waals surface area contributed by atoms with Crippen LogP contribution in [0.3, 0.4) is 0 Å². The first-order valence-corrected chi connectivity index (χ1v) is 11.3. The summed E-state index contributed by atoms with van der Waals surface area (Å²) in [6.45, 7) is 6.11. The number of carbonyl (C=O) groups excluding carboxylic acids is 2. The van der Waals surface area contributed by atoms with Gasteiger partial charge in [0, 0.05) is 67.5 Å². The first-order chi connectivity index (χ1) is 16.7. The minimum Gasteiger partial charge on any atom is -0.434 e. The number of pyridine rings is 2. The average molecular weight is 485 g/mol. The number of rotatable bonds is 4. The highest BCUT2D eigenvalue weighted by Gasteiger charge is 2.40. The molecule has 184 valence electrons. The van der Waals surface area contributed by atoms with Gasteiger partial charge in [0.05, 0.1) is 11.4 Å². The van der Waals surface area contributed by atoms with Gasteiger partial charge in [-0.1, -0.05) is 0 Å². The lowest BCUT2D eigenvalue weighted by atomic mass is 10.1. The molecule has 0 radical (unpaired) electrons. The van der Waals surface area contributed by atoms with E-state index in [0.717, 1.165) is 30.9 Å². The topological polar surface area (TPSA) is 118 Å². The van der Waals surface area contributed by atoms with E-state index < -0.39 is 24.5 Å². The smallest absolute Gasteiger partial charge is 0.398 e. The molecule has 0 spiro atoms. The summed E-state index contributed by atoms with van der Waals surface area (Å²) >= 11 is 0. The minimum absolute atomic E-state index is 0.101. The molecule has 0 aromatic carbocycles. The summed E-state index contributed by atoms with van der Waals surface area (Å²) in [5, 5.41) is 3.39. The fourth-order valence-corrected chi connectivity index (χ4v) is 4.81. The molecule has 0 bridgehead atoms. The second kappa shape index (κ2) is 8.77. The van der Waals surface area contributed by atoms with Crippen molar-refractivity contribution >= 4 is 34.7 Å². The van der Waals surface area contributed by atoms with E-state index in [9.17, 15) is 18.4 Å². The number of carbonyl (C=O) groups is 2. The number of anilines is 3. The van der Waals surface area contributed by atoms with Gasteiger partial charge in [-0.2, -0.15) is 0 Å². The molecule has 35 heavy (non-hydrogen) atoms. The zero-order chi connectivity index (χ0) is 24.9. The summed E-state index contributed by atoms with van der Waals surface area (Å²) in [5.41, 5.74) is 7.58. The van der Waals surface area contributed by atoms with Crippen molar-refractivity contribution in [2.75, 3.05) is 29.4 Å². The van der Waals surface area contributed by atoms with E-state index in [4.69, 9.17) is 10.5 Å². The van der Waals surface area contributed by atoms with Crippen molar-refractivity contribution in [3.63, 3.8) is 0 Å². The summed E-state index contributed by atoms with van der Waals surface area (Å²) in [5.74, 6) is -2.13. The largest absolute Gasteiger partial charge is 0.434 e. The molecular formula is C23H25F2N7O3. The Kier molecular flexibility index (Phi) is 5.75. The number of hydrogen-bond donors (Lipinski definition) is 2. The Morgan fingerprint density at radius 1 is 1.29 bits per heavy atom. The fraction of sp³-hybridized carbons (Fsp3) is 0.391. The van der Waals surface area contributed by atoms with Crippen molar-refractivity contribution < 1.29 is 23.1 Å². The van der Waals surface area contributed by atoms with Crippen LogP contribution in [0.25, 0.3) is 5.65 Å². The van der Waals surface area contributed by atoms with Gasteiger partial charge in [0.1, 0.15) is 11.5 Å². The number of nitrogens with two attached hydrogens (primary N) is 1. The standard InChI is InChI=1S/C23H25F2N7O3/c1-12-9-30(6-5-27-12)16-3-4-28-22-15(16)8-19(35-23(34)21(26)33)32(22)17-11-31-10-13(2)29-18(31)7-14(17)20(24)25/h3-4,7,10-12,19-20,27H,5-6,8-9H2,1-2H3,(H2,26,33)/t12-,19?/m1/s1. The fourth-order valence-electron chi connectivity index (χ4n) is 4.81. The van der Waals surface area contributed by atoms with Gasteiger partial charge in [-0.3, -0.25) is 9.69 Å². The van der Waals surface area contributed by atoms with Gasteiger partial charge >= 0.3 is 11.9 Å². The maximum absolute atomic E-state index is 14.2. The first kappa shape index (κ1) is 23.0. The van der Waals surface area contributed by atoms with Crippen molar-refractivity contribution in [3.05, 3.63) is 47.5 Å². The van der Waals surface area contributed by atoms with Gasteiger partial charge in [0.15, 0.2) is 6.23 Å². The van der Waals surface area contributed by atoms with Crippen LogP contribution in [-0.2, 0) is 20.7 Å². The van der Waals surface area contributed by atoms with Crippen LogP contribution in [0.5, 0.6) is 0 Å². The molecule has 5 heterocycles. The highest BCUT2D eigenvalue weighted by atomic mass is 19.3. The van der Waals surface area contributed by atoms with Crippen molar-refractivity contribution in [2.24, 2.45) is 5.73 Å². The summed E-state index contributed by atoms with van der Waals surface area (Å²) in [6.07, 6.45) is 1.06. The number of imidazole rings is 1. The van der Waals surface area contributed by atoms with Crippen LogP contribution in [0.1, 0.15) is 30.2 Å². The average Bonchev–Trinajstić information content (AvgIpc) is 3.36. The summed E-state index contributed by atoms with van der Waals surface area (Å²) < 4.78 is 35.5. The predicted octanol–water partition coefficient (Wildman–Crippen LogP) is 1.82. The molecule has 2 aliphatic rings. The molecule has 3 aromatic heterocycles. The van der Waals surface area contributed by atoms with Crippen molar-refractivity contribution in [3.8, 4) is 0 Å². The molecule has 10 nitrogen and oxygen atoms in total. The molecule has 1 fully saturated rings. The van der Waals surface area contributed by atoms with Crippen molar-refractivity contribution in [1.82, 2.24) is 19.7 Å². The predicted molar refractivity (Wildman–Crippen MR) is 124 cm³/mol. The maximum Gasteiger partial charge on any atom is 0.398 e. The maximum atomic E-state index is 14.2. The molecule has 5 rings (SSSR count). The van der Waals surface area contributed by atoms with E-state index in [1.807, 2.05) is 6.07 Å². The number of alkyl halides is 2. The third kappa shape index (κ3) is 4.14. The molecule has 3 aromatic rings. The van der Waals surface area contributed by atoms with Crippen LogP contribution < -0.4 is 20.9 Å². The number of primary amides is 1. The lowest BCUT2D eigenvalue weighted by Crippen LogP contribution is -2.49. The number of nitrogens with zero attached hydrogens (tertiary/aromatic N) is 5. The molecule has 1 amide bonds. The molecule has 0 saturated carbocycles. The molecule has 2 aliphatic heterocycles. The number of aromatic nitrogens is 3. The number of halogens is 2. The highest BCUT2D eigenvalue weighted by molar-refractivity contribution is 6.31. The number of aryl methyl sites for hydroxylation is 1. The summed E-state index contributed by atoms with van der Waals surface area (Å²) in [7, 11) is 0. The van der Waals surface area contributed by atoms with Gasteiger partial charge < -0.3 is 25.1 Å². The minimum atomic E-state index is -2.83. The van der Waals surface area contributed by atoms with Gasteiger partial charge in [-0.25, -0.2) is 23.5 Å². The second-order valence-electron chi connectivity index (χ2n) is 8.79. The summed E-state index contributed by atoms with van der Waals surface area (Å²) in [4.78, 5) is 36.0. The quantitative estimate of drug-likeness (QED) is 0.425. The zero-order valence-corrected chi connectivity index (χ0v) is 19.2. The second-order valence-corrected chi connectivity index (χ2v) is 8.79. The Balaban J connectivity index is 1.66. The number of piperazine rings is 1. The molecule has 2 atom stereocenters. The van der Waals surface area contributed by atoms with E-state index in [1.165, 1.54) is 17.2 Å². The number of ether oxygens (including phenoxy) is 1. The number of hydrogen-bond acceptors (Lipinski definition) is 8. The number of esters is 1. The number of fused-ring (bicyclic) bond motifs is 2. The normalized spacial score (nSPS) is 19.9. The molecule has 3 N–H and O–H groups in total. The summed E-state index contributed by atoms with van der Waals surface area (Å²) in [6, 6.07) is 3.43. The Morgan fingerprint density at radius 2 is 2.09 bits per heavy atom. The lowest BCUT2D eigenvalue weighted by molar-refractivity contribution is -0.157. The van der Waals surface area contributed by atoms with Gasteiger partial charge in [0.25, 0.3) is 6.43 Å². The Morgan fingerprint density at radius 3 is 2.80 bits per heavy atom. The third-order valence-corrected chi connectivity index (χ3v) is 6.27. The monoisotopic (exact) mass is 485 g/mol.